The average Bonchev–Trinajstić information content (AvgIpc) is 3.12. The zero-order chi connectivity index (χ0) is 18.2. The molecule has 1 fully saturated rings. The molecule has 2 rings (SSSR count). The van der Waals surface area contributed by atoms with Crippen molar-refractivity contribution >= 4 is 41.6 Å². The second-order valence-electron chi connectivity index (χ2n) is 6.13. The number of para-hydroxylation sites is 2. The number of nitrogens with one attached hydrogen (secondary N) is 2. The van der Waals surface area contributed by atoms with Crippen LogP contribution in [-0.4, -0.2) is 58.9 Å². The molecule has 2 unspecified atom stereocenters. The number of aliphatic imine (C=N–C) groups is 1. The number of esters is 1. The Hall–Kier alpha value is -1.71. The zero-order valence-electron chi connectivity index (χ0n) is 15.8. The van der Waals surface area contributed by atoms with Crippen molar-refractivity contribution < 1.29 is 14.3 Å². The summed E-state index contributed by atoms with van der Waals surface area (Å²) in [4.78, 5) is 18.0. The summed E-state index contributed by atoms with van der Waals surface area (Å²) in [7, 11) is 4.82. The molecule has 0 aromatic heterocycles. The second kappa shape index (κ2) is 11.1. The number of ether oxygens (including phenoxy) is 2. The number of hydrogen-bond donors (Lipinski definition) is 2. The van der Waals surface area contributed by atoms with Crippen LogP contribution >= 0.6 is 24.0 Å². The van der Waals surface area contributed by atoms with Gasteiger partial charge in [-0.15, -0.1) is 24.0 Å². The maximum absolute atomic E-state index is 11.5. The summed E-state index contributed by atoms with van der Waals surface area (Å²) in [6, 6.07) is 8.33. The van der Waals surface area contributed by atoms with Gasteiger partial charge in [-0.1, -0.05) is 19.1 Å². The summed E-state index contributed by atoms with van der Waals surface area (Å²) in [5.41, 5.74) is 1.11. The van der Waals surface area contributed by atoms with Crippen molar-refractivity contribution in [3.63, 3.8) is 0 Å². The standard InChI is InChI=1S/C18H28N4O3.HI/c1-13(17(23)25-4)11-20-18(19-2)21-14-9-10-22(12-14)15-7-5-6-8-16(15)24-3;/h5-8,13-14H,9-12H2,1-4H3,(H2,19,20,21);1H. The van der Waals surface area contributed by atoms with E-state index in [2.05, 4.69) is 26.6 Å². The lowest BCUT2D eigenvalue weighted by Crippen LogP contribution is -2.46. The van der Waals surface area contributed by atoms with Crippen LogP contribution in [0.25, 0.3) is 0 Å². The van der Waals surface area contributed by atoms with Crippen LogP contribution in [0.3, 0.4) is 0 Å². The van der Waals surface area contributed by atoms with E-state index in [0.717, 1.165) is 30.9 Å². The first-order chi connectivity index (χ1) is 12.1. The molecule has 1 heterocycles. The molecule has 0 amide bonds. The van der Waals surface area contributed by atoms with E-state index in [9.17, 15) is 4.79 Å². The summed E-state index contributed by atoms with van der Waals surface area (Å²) >= 11 is 0. The smallest absolute Gasteiger partial charge is 0.310 e. The second-order valence-corrected chi connectivity index (χ2v) is 6.13. The number of carbonyl (C=O) groups excluding carboxylic acids is 1. The number of nitrogens with zero attached hydrogens (tertiary/aromatic N) is 2. The zero-order valence-corrected chi connectivity index (χ0v) is 18.2. The summed E-state index contributed by atoms with van der Waals surface area (Å²) in [6.07, 6.45) is 1.01. The SMILES string of the molecule is CN=C(NCC(C)C(=O)OC)NC1CCN(c2ccccc2OC)C1.I. The highest BCUT2D eigenvalue weighted by molar-refractivity contribution is 14.0. The molecular formula is C18H29IN4O3. The summed E-state index contributed by atoms with van der Waals surface area (Å²) in [5, 5.41) is 6.60. The molecule has 8 heteroatoms. The maximum Gasteiger partial charge on any atom is 0.310 e. The Morgan fingerprint density at radius 3 is 2.77 bits per heavy atom. The molecule has 7 nitrogen and oxygen atoms in total. The molecule has 26 heavy (non-hydrogen) atoms. The minimum absolute atomic E-state index is 0. The quantitative estimate of drug-likeness (QED) is 0.283. The van der Waals surface area contributed by atoms with Crippen LogP contribution in [0, 0.1) is 5.92 Å². The lowest BCUT2D eigenvalue weighted by molar-refractivity contribution is -0.144. The third-order valence-electron chi connectivity index (χ3n) is 4.36. The Morgan fingerprint density at radius 2 is 2.12 bits per heavy atom. The Kier molecular flexibility index (Phi) is 9.53. The predicted molar refractivity (Wildman–Crippen MR) is 115 cm³/mol. The van der Waals surface area contributed by atoms with Gasteiger partial charge in [-0.25, -0.2) is 0 Å². The van der Waals surface area contributed by atoms with Gasteiger partial charge >= 0.3 is 5.97 Å². The minimum atomic E-state index is -0.230. The van der Waals surface area contributed by atoms with E-state index < -0.39 is 0 Å². The van der Waals surface area contributed by atoms with Crippen LogP contribution < -0.4 is 20.3 Å². The highest BCUT2D eigenvalue weighted by Gasteiger charge is 2.25. The number of carbonyl (C=O) groups is 1. The minimum Gasteiger partial charge on any atom is -0.495 e. The predicted octanol–water partition coefficient (Wildman–Crippen LogP) is 1.87. The van der Waals surface area contributed by atoms with E-state index in [1.165, 1.54) is 7.11 Å². The van der Waals surface area contributed by atoms with E-state index >= 15 is 0 Å². The van der Waals surface area contributed by atoms with Crippen molar-refractivity contribution in [2.24, 2.45) is 10.9 Å². The molecule has 1 aliphatic rings. The van der Waals surface area contributed by atoms with Crippen molar-refractivity contribution in [1.82, 2.24) is 10.6 Å². The molecule has 0 radical (unpaired) electrons. The molecule has 1 aromatic rings. The van der Waals surface area contributed by atoms with Crippen molar-refractivity contribution in [2.75, 3.05) is 45.8 Å². The molecule has 0 aliphatic carbocycles. The van der Waals surface area contributed by atoms with Crippen LogP contribution in [0.15, 0.2) is 29.3 Å². The van der Waals surface area contributed by atoms with Gasteiger partial charge in [0.1, 0.15) is 5.75 Å². The average molecular weight is 476 g/mol. The van der Waals surface area contributed by atoms with E-state index in [-0.39, 0.29) is 41.9 Å². The molecule has 2 N–H and O–H groups in total. The monoisotopic (exact) mass is 476 g/mol. The van der Waals surface area contributed by atoms with Crippen molar-refractivity contribution in [2.45, 2.75) is 19.4 Å². The fraction of sp³-hybridized carbons (Fsp3) is 0.556. The number of halogens is 1. The first-order valence-electron chi connectivity index (χ1n) is 8.52. The Morgan fingerprint density at radius 1 is 1.38 bits per heavy atom. The fourth-order valence-corrected chi connectivity index (χ4v) is 2.91. The van der Waals surface area contributed by atoms with E-state index in [0.29, 0.717) is 12.5 Å². The summed E-state index contributed by atoms with van der Waals surface area (Å²) in [6.45, 7) is 4.13. The molecule has 1 aliphatic heterocycles. The van der Waals surface area contributed by atoms with E-state index in [1.807, 2.05) is 25.1 Å². The third kappa shape index (κ3) is 5.93. The van der Waals surface area contributed by atoms with Gasteiger partial charge in [0.25, 0.3) is 0 Å². The van der Waals surface area contributed by atoms with Gasteiger partial charge in [0.2, 0.25) is 0 Å². The Bertz CT molecular complexity index is 612. The first-order valence-corrected chi connectivity index (χ1v) is 8.52. The van der Waals surface area contributed by atoms with Gasteiger partial charge < -0.3 is 25.0 Å². The van der Waals surface area contributed by atoms with Gasteiger partial charge in [0, 0.05) is 32.7 Å². The van der Waals surface area contributed by atoms with Crippen molar-refractivity contribution in [1.29, 1.82) is 0 Å². The Labute approximate surface area is 172 Å². The van der Waals surface area contributed by atoms with Gasteiger partial charge in [0.05, 0.1) is 25.8 Å². The van der Waals surface area contributed by atoms with Gasteiger partial charge in [-0.3, -0.25) is 9.79 Å². The molecular weight excluding hydrogens is 447 g/mol. The largest absolute Gasteiger partial charge is 0.495 e. The molecule has 0 spiro atoms. The number of benzene rings is 1. The molecule has 146 valence electrons. The van der Waals surface area contributed by atoms with Crippen LogP contribution in [-0.2, 0) is 9.53 Å². The fourth-order valence-electron chi connectivity index (χ4n) is 2.91. The van der Waals surface area contributed by atoms with Crippen LogP contribution in [0.1, 0.15) is 13.3 Å². The van der Waals surface area contributed by atoms with E-state index in [1.54, 1.807) is 14.2 Å². The number of methoxy groups -OCH3 is 2. The highest BCUT2D eigenvalue weighted by atomic mass is 127. The number of guanidine groups is 1. The molecule has 0 bridgehead atoms. The van der Waals surface area contributed by atoms with Gasteiger partial charge in [0.15, 0.2) is 5.96 Å². The number of hydrogen-bond acceptors (Lipinski definition) is 5. The molecule has 2 atom stereocenters. The topological polar surface area (TPSA) is 75.2 Å². The normalized spacial score (nSPS) is 17.9. The first kappa shape index (κ1) is 22.3. The van der Waals surface area contributed by atoms with Crippen molar-refractivity contribution in [3.05, 3.63) is 24.3 Å². The van der Waals surface area contributed by atoms with Crippen molar-refractivity contribution in [3.8, 4) is 5.75 Å². The van der Waals surface area contributed by atoms with Crippen LogP contribution in [0.4, 0.5) is 5.69 Å². The van der Waals surface area contributed by atoms with E-state index in [4.69, 9.17) is 9.47 Å². The lowest BCUT2D eigenvalue weighted by Gasteiger charge is -2.22. The number of anilines is 1. The van der Waals surface area contributed by atoms with Crippen LogP contribution in [0.5, 0.6) is 5.75 Å². The summed E-state index contributed by atoms with van der Waals surface area (Å²) < 4.78 is 10.2. The maximum atomic E-state index is 11.5. The van der Waals surface area contributed by atoms with Gasteiger partial charge in [-0.05, 0) is 18.6 Å². The molecule has 0 saturated carbocycles. The van der Waals surface area contributed by atoms with Gasteiger partial charge in [-0.2, -0.15) is 0 Å². The Balaban J connectivity index is 0.00000338. The molecule has 1 aromatic carbocycles. The van der Waals surface area contributed by atoms with Crippen LogP contribution in [0.2, 0.25) is 0 Å². The summed E-state index contributed by atoms with van der Waals surface area (Å²) in [5.74, 6) is 1.13. The third-order valence-corrected chi connectivity index (χ3v) is 4.36. The molecule has 1 saturated heterocycles. The lowest BCUT2D eigenvalue weighted by atomic mass is 10.2. The number of rotatable bonds is 6. The highest BCUT2D eigenvalue weighted by Crippen LogP contribution is 2.30.